The van der Waals surface area contributed by atoms with Gasteiger partial charge in [0, 0.05) is 24.0 Å². The van der Waals surface area contributed by atoms with Crippen molar-refractivity contribution >= 4 is 24.7 Å². The average Bonchev–Trinajstić information content (AvgIpc) is 3.53. The van der Waals surface area contributed by atoms with Crippen molar-refractivity contribution in [2.24, 2.45) is 11.8 Å². The smallest absolute Gasteiger partial charge is 0.330 e. The zero-order chi connectivity index (χ0) is 29.1. The first-order valence-electron chi connectivity index (χ1n) is 14.7. The zero-order valence-corrected chi connectivity index (χ0v) is 25.5. The highest BCUT2D eigenvalue weighted by Gasteiger charge is 2.60. The summed E-state index contributed by atoms with van der Waals surface area (Å²) in [7, 11) is -2.74. The highest BCUT2D eigenvalue weighted by atomic mass is 28.4. The Morgan fingerprint density at radius 1 is 1.00 bits per heavy atom. The van der Waals surface area contributed by atoms with E-state index in [4.69, 9.17) is 13.9 Å². The third-order valence-corrected chi connectivity index (χ3v) is 14.1. The van der Waals surface area contributed by atoms with Crippen molar-refractivity contribution in [2.75, 3.05) is 19.8 Å². The Bertz CT molecular complexity index is 1300. The van der Waals surface area contributed by atoms with Crippen LogP contribution in [0.15, 0.2) is 97.1 Å². The van der Waals surface area contributed by atoms with Gasteiger partial charge in [0.15, 0.2) is 0 Å². The van der Waals surface area contributed by atoms with Gasteiger partial charge in [0.25, 0.3) is 8.32 Å². The molecule has 1 saturated heterocycles. The van der Waals surface area contributed by atoms with Gasteiger partial charge in [0.1, 0.15) is 5.82 Å². The molecule has 2 fully saturated rings. The number of fused-ring (bicyclic) bond motifs is 2. The average molecular weight is 573 g/mol. The van der Waals surface area contributed by atoms with Gasteiger partial charge in [0.05, 0.1) is 19.3 Å². The van der Waals surface area contributed by atoms with Gasteiger partial charge in [-0.2, -0.15) is 0 Å². The van der Waals surface area contributed by atoms with E-state index >= 15 is 0 Å². The molecule has 0 spiro atoms. The van der Waals surface area contributed by atoms with Crippen LogP contribution in [0.25, 0.3) is 0 Å². The van der Waals surface area contributed by atoms with Gasteiger partial charge in [-0.05, 0) is 58.8 Å². The number of hydrogen-bond acceptors (Lipinski definition) is 4. The van der Waals surface area contributed by atoms with Crippen LogP contribution in [-0.2, 0) is 24.1 Å². The third-order valence-electron chi connectivity index (χ3n) is 9.08. The van der Waals surface area contributed by atoms with Crippen molar-refractivity contribution in [3.05, 3.63) is 108 Å². The number of ether oxygens (including phenoxy) is 2. The maximum atomic E-state index is 13.9. The maximum Gasteiger partial charge on any atom is 0.330 e. The molecule has 5 rings (SSSR count). The van der Waals surface area contributed by atoms with Crippen molar-refractivity contribution in [3.8, 4) is 0 Å². The van der Waals surface area contributed by atoms with Gasteiger partial charge >= 0.3 is 5.97 Å². The summed E-state index contributed by atoms with van der Waals surface area (Å²) in [5.41, 5.74) is 0.820. The first-order valence-corrected chi connectivity index (χ1v) is 16.6. The Labute approximate surface area is 244 Å². The first-order chi connectivity index (χ1) is 19.7. The molecule has 4 unspecified atom stereocenters. The van der Waals surface area contributed by atoms with Crippen LogP contribution < -0.4 is 10.4 Å². The Balaban J connectivity index is 1.52. The third kappa shape index (κ3) is 5.57. The minimum atomic E-state index is -2.74. The lowest BCUT2D eigenvalue weighted by Crippen LogP contribution is -2.67. The lowest BCUT2D eigenvalue weighted by atomic mass is 9.69. The van der Waals surface area contributed by atoms with E-state index in [0.29, 0.717) is 26.2 Å². The van der Waals surface area contributed by atoms with Gasteiger partial charge in [-0.1, -0.05) is 99.6 Å². The fourth-order valence-corrected chi connectivity index (χ4v) is 11.8. The molecule has 4 nitrogen and oxygen atoms in total. The van der Waals surface area contributed by atoms with Crippen LogP contribution in [0.5, 0.6) is 0 Å². The SMILES string of the molecule is CCOC(=O)/C=C/CC1C(CO[Si](c2ccccc2)(c2ccccc2)C(C)(C)C)C2CC1(c1ccc(F)cc1)CO2. The van der Waals surface area contributed by atoms with Crippen LogP contribution in [0, 0.1) is 17.7 Å². The minimum absolute atomic E-state index is 0.0271. The molecule has 0 amide bonds. The molecule has 216 valence electrons. The summed E-state index contributed by atoms with van der Waals surface area (Å²) in [6.07, 6.45) is 5.04. The Kier molecular flexibility index (Phi) is 8.64. The van der Waals surface area contributed by atoms with Crippen LogP contribution in [-0.4, -0.2) is 40.2 Å². The summed E-state index contributed by atoms with van der Waals surface area (Å²) in [5, 5.41) is 2.35. The van der Waals surface area contributed by atoms with Gasteiger partial charge in [-0.15, -0.1) is 0 Å². The maximum absolute atomic E-state index is 13.9. The van der Waals surface area contributed by atoms with Crippen LogP contribution >= 0.6 is 0 Å². The van der Waals surface area contributed by atoms with Crippen molar-refractivity contribution in [3.63, 3.8) is 0 Å². The molecule has 4 atom stereocenters. The Morgan fingerprint density at radius 2 is 1.61 bits per heavy atom. The molecule has 1 aliphatic carbocycles. The number of hydrogen-bond donors (Lipinski definition) is 0. The van der Waals surface area contributed by atoms with E-state index in [9.17, 15) is 9.18 Å². The molecule has 0 radical (unpaired) electrons. The van der Waals surface area contributed by atoms with E-state index in [1.807, 2.05) is 18.2 Å². The fourth-order valence-electron chi connectivity index (χ4n) is 7.24. The highest BCUT2D eigenvalue weighted by molar-refractivity contribution is 6.99. The fraction of sp³-hybridized carbons (Fsp3) is 0.400. The number of benzene rings is 3. The van der Waals surface area contributed by atoms with Gasteiger partial charge in [-0.3, -0.25) is 0 Å². The van der Waals surface area contributed by atoms with E-state index in [0.717, 1.165) is 12.0 Å². The van der Waals surface area contributed by atoms with Crippen LogP contribution in [0.4, 0.5) is 4.39 Å². The molecule has 1 aliphatic heterocycles. The summed E-state index contributed by atoms with van der Waals surface area (Å²) in [6, 6.07) is 28.2. The number of carbonyl (C=O) groups is 1. The molecule has 1 saturated carbocycles. The van der Waals surface area contributed by atoms with Crippen molar-refractivity contribution in [1.82, 2.24) is 0 Å². The summed E-state index contributed by atoms with van der Waals surface area (Å²) >= 11 is 0. The quantitative estimate of drug-likeness (QED) is 0.165. The van der Waals surface area contributed by atoms with Crippen LogP contribution in [0.1, 0.15) is 46.1 Å². The Hall–Kier alpha value is -3.06. The second-order valence-electron chi connectivity index (χ2n) is 12.4. The molecule has 0 aromatic heterocycles. The monoisotopic (exact) mass is 572 g/mol. The van der Waals surface area contributed by atoms with Gasteiger partial charge in [0.2, 0.25) is 0 Å². The molecule has 3 aromatic rings. The molecule has 0 N–H and O–H groups in total. The summed E-state index contributed by atoms with van der Waals surface area (Å²) < 4.78 is 32.9. The number of allylic oxidation sites excluding steroid dienone is 1. The van der Waals surface area contributed by atoms with E-state index in [2.05, 4.69) is 81.4 Å². The predicted octanol–water partition coefficient (Wildman–Crippen LogP) is 6.18. The van der Waals surface area contributed by atoms with Crippen molar-refractivity contribution < 1.29 is 23.1 Å². The largest absolute Gasteiger partial charge is 0.463 e. The molecule has 3 aromatic carbocycles. The van der Waals surface area contributed by atoms with Crippen LogP contribution in [0.3, 0.4) is 0 Å². The van der Waals surface area contributed by atoms with Gasteiger partial charge < -0.3 is 13.9 Å². The second kappa shape index (κ2) is 12.0. The molecule has 2 aliphatic rings. The molecular weight excluding hydrogens is 531 g/mol. The van der Waals surface area contributed by atoms with E-state index in [1.54, 1.807) is 6.92 Å². The van der Waals surface area contributed by atoms with E-state index in [-0.39, 0.29) is 40.2 Å². The highest BCUT2D eigenvalue weighted by Crippen LogP contribution is 2.57. The molecule has 2 bridgehead atoms. The summed E-state index contributed by atoms with van der Waals surface area (Å²) in [6.45, 7) is 10.1. The topological polar surface area (TPSA) is 44.8 Å². The number of carbonyl (C=O) groups excluding carboxylic acids is 1. The number of halogens is 1. The Morgan fingerprint density at radius 3 is 2.17 bits per heavy atom. The number of rotatable bonds is 10. The van der Waals surface area contributed by atoms with Crippen LogP contribution in [0.2, 0.25) is 5.04 Å². The lowest BCUT2D eigenvalue weighted by Gasteiger charge is -2.45. The zero-order valence-electron chi connectivity index (χ0n) is 24.5. The van der Waals surface area contributed by atoms with Gasteiger partial charge in [-0.25, -0.2) is 9.18 Å². The molecule has 6 heteroatoms. The number of esters is 1. The van der Waals surface area contributed by atoms with E-state index in [1.165, 1.54) is 28.6 Å². The second-order valence-corrected chi connectivity index (χ2v) is 16.7. The van der Waals surface area contributed by atoms with E-state index < -0.39 is 8.32 Å². The standard InChI is InChI=1S/C35H41FO4Si/c1-5-38-33(37)18-12-17-31-30(32-23-35(31,25-39-32)26-19-21-27(36)22-20-26)24-40-41(34(2,3)4,28-13-8-6-9-14-28)29-15-10-7-11-16-29/h6-16,18-22,30-32H,5,17,23-25H2,1-4H3/b18-12+. The summed E-state index contributed by atoms with van der Waals surface area (Å²) in [5.74, 6) is -0.301. The predicted molar refractivity (Wildman–Crippen MR) is 163 cm³/mol. The van der Waals surface area contributed by atoms with Crippen molar-refractivity contribution in [2.45, 2.75) is 57.1 Å². The first kappa shape index (κ1) is 29.4. The normalized spacial score (nSPS) is 24.2. The van der Waals surface area contributed by atoms with Crippen molar-refractivity contribution in [1.29, 1.82) is 0 Å². The molecular formula is C35H41FO4Si. The molecule has 41 heavy (non-hydrogen) atoms. The minimum Gasteiger partial charge on any atom is -0.463 e. The summed E-state index contributed by atoms with van der Waals surface area (Å²) in [4.78, 5) is 12.1. The lowest BCUT2D eigenvalue weighted by molar-refractivity contribution is -0.137. The molecule has 1 heterocycles.